The van der Waals surface area contributed by atoms with Gasteiger partial charge in [0, 0.05) is 20.8 Å². The molecule has 0 spiro atoms. The summed E-state index contributed by atoms with van der Waals surface area (Å²) in [6.45, 7) is 2.05. The third kappa shape index (κ3) is 2.39. The highest BCUT2D eigenvalue weighted by atomic mass is 35.5. The molecule has 2 aromatic heterocycles. The van der Waals surface area contributed by atoms with E-state index in [9.17, 15) is 10.1 Å². The number of hydrogen-bond acceptors (Lipinski definition) is 4. The van der Waals surface area contributed by atoms with Crippen molar-refractivity contribution in [2.24, 2.45) is 0 Å². The molecule has 0 aliphatic carbocycles. The van der Waals surface area contributed by atoms with Crippen molar-refractivity contribution in [1.82, 2.24) is 4.98 Å². The van der Waals surface area contributed by atoms with Gasteiger partial charge in [0.25, 0.3) is 5.69 Å². The van der Waals surface area contributed by atoms with Gasteiger partial charge < -0.3 is 0 Å². The molecule has 1 aromatic carbocycles. The zero-order chi connectivity index (χ0) is 15.0. The van der Waals surface area contributed by atoms with E-state index in [2.05, 4.69) is 4.98 Å². The van der Waals surface area contributed by atoms with Gasteiger partial charge in [-0.3, -0.25) is 10.1 Å². The molecule has 0 radical (unpaired) electrons. The number of hydrogen-bond donors (Lipinski definition) is 0. The van der Waals surface area contributed by atoms with E-state index in [1.54, 1.807) is 29.5 Å². The van der Waals surface area contributed by atoms with E-state index < -0.39 is 4.92 Å². The van der Waals surface area contributed by atoms with Gasteiger partial charge >= 0.3 is 0 Å². The average molecular weight is 319 g/mol. The van der Waals surface area contributed by atoms with Gasteiger partial charge in [0.15, 0.2) is 0 Å². The van der Waals surface area contributed by atoms with Crippen molar-refractivity contribution in [1.29, 1.82) is 0 Å². The Hall–Kier alpha value is -1.98. The second kappa shape index (κ2) is 5.42. The summed E-state index contributed by atoms with van der Waals surface area (Å²) in [5.41, 5.74) is 1.20. The van der Waals surface area contributed by atoms with Crippen LogP contribution in [-0.2, 0) is 6.42 Å². The standard InChI is InChI=1S/C15H11ClN2O2S/c1-2-9-7-11-14(10-5-3-4-6-12(10)16)13(18(19)20)8-17-15(11)21-9/h3-8H,2H2,1H3. The topological polar surface area (TPSA) is 56.0 Å². The molecule has 0 saturated heterocycles. The summed E-state index contributed by atoms with van der Waals surface area (Å²) in [5, 5.41) is 12.6. The van der Waals surface area contributed by atoms with Crippen molar-refractivity contribution in [3.63, 3.8) is 0 Å². The minimum atomic E-state index is -0.408. The molecule has 0 N–H and O–H groups in total. The zero-order valence-corrected chi connectivity index (χ0v) is 12.7. The Morgan fingerprint density at radius 2 is 2.14 bits per heavy atom. The fraction of sp³-hybridized carbons (Fsp3) is 0.133. The number of aromatic nitrogens is 1. The molecule has 4 nitrogen and oxygen atoms in total. The summed E-state index contributed by atoms with van der Waals surface area (Å²) < 4.78 is 0. The third-order valence-electron chi connectivity index (χ3n) is 3.28. The maximum Gasteiger partial charge on any atom is 0.296 e. The monoisotopic (exact) mass is 318 g/mol. The first kappa shape index (κ1) is 14.0. The van der Waals surface area contributed by atoms with E-state index in [1.807, 2.05) is 19.1 Å². The molecule has 106 valence electrons. The molecular weight excluding hydrogens is 308 g/mol. The summed E-state index contributed by atoms with van der Waals surface area (Å²) in [4.78, 5) is 17.1. The van der Waals surface area contributed by atoms with Crippen molar-refractivity contribution >= 4 is 38.8 Å². The van der Waals surface area contributed by atoms with Crippen molar-refractivity contribution in [3.8, 4) is 11.1 Å². The van der Waals surface area contributed by atoms with Gasteiger partial charge in [-0.15, -0.1) is 11.3 Å². The largest absolute Gasteiger partial charge is 0.296 e. The van der Waals surface area contributed by atoms with Crippen LogP contribution in [0, 0.1) is 10.1 Å². The zero-order valence-electron chi connectivity index (χ0n) is 11.2. The molecule has 3 aromatic rings. The molecule has 0 amide bonds. The molecule has 21 heavy (non-hydrogen) atoms. The molecule has 0 saturated carbocycles. The normalized spacial score (nSPS) is 11.0. The average Bonchev–Trinajstić information content (AvgIpc) is 2.90. The van der Waals surface area contributed by atoms with Gasteiger partial charge in [-0.2, -0.15) is 0 Å². The highest BCUT2D eigenvalue weighted by molar-refractivity contribution is 7.18. The van der Waals surface area contributed by atoms with Crippen LogP contribution in [0.2, 0.25) is 5.02 Å². The summed E-state index contributed by atoms with van der Waals surface area (Å²) in [6.07, 6.45) is 2.19. The summed E-state index contributed by atoms with van der Waals surface area (Å²) in [5.74, 6) is 0. The van der Waals surface area contributed by atoms with Crippen LogP contribution in [0.3, 0.4) is 0 Å². The Morgan fingerprint density at radius 1 is 1.38 bits per heavy atom. The van der Waals surface area contributed by atoms with E-state index in [1.165, 1.54) is 6.20 Å². The number of aryl methyl sites for hydroxylation is 1. The van der Waals surface area contributed by atoms with E-state index in [-0.39, 0.29) is 5.69 Å². The molecule has 0 aliphatic heterocycles. The van der Waals surface area contributed by atoms with Crippen LogP contribution in [-0.4, -0.2) is 9.91 Å². The van der Waals surface area contributed by atoms with Crippen LogP contribution in [0.5, 0.6) is 0 Å². The predicted molar refractivity (Wildman–Crippen MR) is 86.1 cm³/mol. The fourth-order valence-electron chi connectivity index (χ4n) is 2.29. The number of nitrogens with zero attached hydrogens (tertiary/aromatic N) is 2. The Bertz CT molecular complexity index is 845. The minimum Gasteiger partial charge on any atom is -0.258 e. The lowest BCUT2D eigenvalue weighted by Gasteiger charge is -2.06. The third-order valence-corrected chi connectivity index (χ3v) is 4.80. The van der Waals surface area contributed by atoms with Crippen LogP contribution in [0.25, 0.3) is 21.3 Å². The number of pyridine rings is 1. The quantitative estimate of drug-likeness (QED) is 0.499. The smallest absolute Gasteiger partial charge is 0.258 e. The highest BCUT2D eigenvalue weighted by Gasteiger charge is 2.22. The van der Waals surface area contributed by atoms with Gasteiger partial charge in [0.2, 0.25) is 0 Å². The summed E-state index contributed by atoms with van der Waals surface area (Å²) in [6, 6.07) is 9.14. The molecule has 0 fully saturated rings. The van der Waals surface area contributed by atoms with Crippen molar-refractivity contribution in [2.75, 3.05) is 0 Å². The van der Waals surface area contributed by atoms with Gasteiger partial charge in [0.05, 0.1) is 10.5 Å². The maximum atomic E-state index is 11.4. The summed E-state index contributed by atoms with van der Waals surface area (Å²) >= 11 is 7.79. The lowest BCUT2D eigenvalue weighted by atomic mass is 10.0. The van der Waals surface area contributed by atoms with Crippen molar-refractivity contribution in [2.45, 2.75) is 13.3 Å². The molecule has 2 heterocycles. The van der Waals surface area contributed by atoms with Crippen LogP contribution in [0.15, 0.2) is 36.5 Å². The lowest BCUT2D eigenvalue weighted by Crippen LogP contribution is -1.94. The molecule has 6 heteroatoms. The number of thiophene rings is 1. The van der Waals surface area contributed by atoms with E-state index >= 15 is 0 Å². The Kier molecular flexibility index (Phi) is 3.61. The first-order valence-electron chi connectivity index (χ1n) is 6.42. The van der Waals surface area contributed by atoms with Gasteiger partial charge in [-0.1, -0.05) is 36.7 Å². The van der Waals surface area contributed by atoms with Gasteiger partial charge in [0.1, 0.15) is 11.0 Å². The number of rotatable bonds is 3. The first-order valence-corrected chi connectivity index (χ1v) is 7.62. The van der Waals surface area contributed by atoms with Crippen LogP contribution < -0.4 is 0 Å². The molecule has 0 atom stereocenters. The minimum absolute atomic E-state index is 0.0175. The van der Waals surface area contributed by atoms with Crippen LogP contribution in [0.4, 0.5) is 5.69 Å². The maximum absolute atomic E-state index is 11.4. The molecule has 3 rings (SSSR count). The highest BCUT2D eigenvalue weighted by Crippen LogP contribution is 2.41. The second-order valence-corrected chi connectivity index (χ2v) is 6.06. The first-order chi connectivity index (χ1) is 10.1. The van der Waals surface area contributed by atoms with Gasteiger partial charge in [-0.25, -0.2) is 4.98 Å². The Morgan fingerprint density at radius 3 is 2.81 bits per heavy atom. The SMILES string of the molecule is CCc1cc2c(-c3ccccc3Cl)c([N+](=O)[O-])cnc2s1. The second-order valence-electron chi connectivity index (χ2n) is 4.54. The number of benzene rings is 1. The van der Waals surface area contributed by atoms with E-state index in [0.29, 0.717) is 16.1 Å². The summed E-state index contributed by atoms with van der Waals surface area (Å²) in [7, 11) is 0. The van der Waals surface area contributed by atoms with Gasteiger partial charge in [-0.05, 0) is 18.6 Å². The van der Waals surface area contributed by atoms with Crippen LogP contribution >= 0.6 is 22.9 Å². The Labute approximate surface area is 130 Å². The van der Waals surface area contributed by atoms with E-state index in [4.69, 9.17) is 11.6 Å². The fourth-order valence-corrected chi connectivity index (χ4v) is 3.46. The lowest BCUT2D eigenvalue weighted by molar-refractivity contribution is -0.384. The van der Waals surface area contributed by atoms with E-state index in [0.717, 1.165) is 21.5 Å². The molecule has 0 aliphatic rings. The predicted octanol–water partition coefficient (Wildman–Crippen LogP) is 5.09. The molecule has 0 bridgehead atoms. The number of halogens is 1. The van der Waals surface area contributed by atoms with Crippen LogP contribution in [0.1, 0.15) is 11.8 Å². The van der Waals surface area contributed by atoms with Crippen molar-refractivity contribution < 1.29 is 4.92 Å². The molecular formula is C15H11ClN2O2S. The van der Waals surface area contributed by atoms with Crippen molar-refractivity contribution in [3.05, 3.63) is 56.5 Å². The molecule has 0 unspecified atom stereocenters. The number of fused-ring (bicyclic) bond motifs is 1. The number of nitro groups is 1. The Balaban J connectivity index is 2.41.